The van der Waals surface area contributed by atoms with Crippen LogP contribution < -0.4 is 0 Å². The Bertz CT molecular complexity index is 396. The molecule has 0 saturated heterocycles. The predicted molar refractivity (Wildman–Crippen MR) is 61.2 cm³/mol. The summed E-state index contributed by atoms with van der Waals surface area (Å²) >= 11 is 0. The summed E-state index contributed by atoms with van der Waals surface area (Å²) in [5.74, 6) is -3.27. The van der Waals surface area contributed by atoms with Gasteiger partial charge in [0, 0.05) is 12.8 Å². The molecule has 92 valence electrons. The van der Waals surface area contributed by atoms with E-state index >= 15 is 0 Å². The number of ether oxygens (including phenoxy) is 1. The smallest absolute Gasteiger partial charge is 0.337 e. The van der Waals surface area contributed by atoms with Crippen LogP contribution in [0.15, 0.2) is 36.9 Å². The van der Waals surface area contributed by atoms with Crippen molar-refractivity contribution in [3.05, 3.63) is 48.0 Å². The maximum atomic E-state index is 13.3. The van der Waals surface area contributed by atoms with Crippen molar-refractivity contribution in [3.63, 3.8) is 0 Å². The molecule has 0 heterocycles. The van der Waals surface area contributed by atoms with Gasteiger partial charge >= 0.3 is 5.97 Å². The second kappa shape index (κ2) is 5.57. The minimum absolute atomic E-state index is 0.350. The van der Waals surface area contributed by atoms with Crippen molar-refractivity contribution >= 4 is 5.97 Å². The molecule has 0 amide bonds. The van der Waals surface area contributed by atoms with Gasteiger partial charge in [0.15, 0.2) is 0 Å². The van der Waals surface area contributed by atoms with Gasteiger partial charge < -0.3 is 4.74 Å². The highest BCUT2D eigenvalue weighted by molar-refractivity contribution is 5.89. The molecule has 0 saturated carbocycles. The first-order valence-electron chi connectivity index (χ1n) is 5.14. The Kier molecular flexibility index (Phi) is 4.37. The predicted octanol–water partition coefficient (Wildman–Crippen LogP) is 3.23. The van der Waals surface area contributed by atoms with Crippen molar-refractivity contribution in [1.82, 2.24) is 0 Å². The van der Waals surface area contributed by atoms with Crippen LogP contribution in [0.2, 0.25) is 0 Å². The van der Waals surface area contributed by atoms with Gasteiger partial charge in [0.05, 0.1) is 12.7 Å². The van der Waals surface area contributed by atoms with E-state index in [1.54, 1.807) is 0 Å². The number of allylic oxidation sites excluding steroid dienone is 1. The number of methoxy groups -OCH3 is 1. The Morgan fingerprint density at radius 3 is 2.47 bits per heavy atom. The summed E-state index contributed by atoms with van der Waals surface area (Å²) in [6.45, 7) is 3.29. The Morgan fingerprint density at radius 1 is 1.41 bits per heavy atom. The van der Waals surface area contributed by atoms with Gasteiger partial charge in [-0.3, -0.25) is 0 Å². The Hall–Kier alpha value is -1.71. The summed E-state index contributed by atoms with van der Waals surface area (Å²) in [6.07, 6.45) is 0.481. The third-order valence-corrected chi connectivity index (χ3v) is 2.28. The van der Waals surface area contributed by atoms with E-state index in [0.717, 1.165) is 0 Å². The lowest BCUT2D eigenvalue weighted by molar-refractivity contribution is 0.00499. The molecule has 1 aromatic rings. The van der Waals surface area contributed by atoms with Gasteiger partial charge in [0.1, 0.15) is 0 Å². The summed E-state index contributed by atoms with van der Waals surface area (Å²) in [7, 11) is 1.27. The number of halogens is 2. The van der Waals surface area contributed by atoms with Crippen molar-refractivity contribution in [2.45, 2.75) is 18.8 Å². The topological polar surface area (TPSA) is 26.3 Å². The monoisotopic (exact) mass is 240 g/mol. The van der Waals surface area contributed by atoms with E-state index < -0.39 is 11.9 Å². The van der Waals surface area contributed by atoms with E-state index in [1.165, 1.54) is 37.5 Å². The van der Waals surface area contributed by atoms with Crippen LogP contribution in [-0.2, 0) is 11.2 Å². The van der Waals surface area contributed by atoms with Crippen LogP contribution in [0.3, 0.4) is 0 Å². The molecule has 1 aromatic carbocycles. The summed E-state index contributed by atoms with van der Waals surface area (Å²) in [4.78, 5) is 11.1. The largest absolute Gasteiger partial charge is 0.465 e. The molecule has 0 radical (unpaired) electrons. The molecule has 0 aliphatic rings. The third kappa shape index (κ3) is 3.98. The van der Waals surface area contributed by atoms with Crippen molar-refractivity contribution in [2.24, 2.45) is 0 Å². The van der Waals surface area contributed by atoms with Gasteiger partial charge in [0.25, 0.3) is 5.92 Å². The molecule has 0 aliphatic carbocycles. The normalized spacial score (nSPS) is 11.0. The molecule has 4 heteroatoms. The molecule has 0 fully saturated rings. The van der Waals surface area contributed by atoms with Crippen molar-refractivity contribution in [2.75, 3.05) is 7.11 Å². The number of alkyl halides is 2. The van der Waals surface area contributed by atoms with E-state index in [1.807, 2.05) is 0 Å². The van der Waals surface area contributed by atoms with Crippen molar-refractivity contribution in [1.29, 1.82) is 0 Å². The molecule has 0 atom stereocenters. The SMILES string of the molecule is C=CCC(F)(F)Cc1ccc(C(=O)OC)cc1. The standard InChI is InChI=1S/C13H14F2O2/c1-3-8-13(14,15)9-10-4-6-11(7-5-10)12(16)17-2/h3-7H,1,8-9H2,2H3. The molecule has 0 bridgehead atoms. The molecular formula is C13H14F2O2. The highest BCUT2D eigenvalue weighted by Gasteiger charge is 2.27. The summed E-state index contributed by atoms with van der Waals surface area (Å²) in [6, 6.07) is 5.96. The van der Waals surface area contributed by atoms with Crippen LogP contribution in [0, 0.1) is 0 Å². The highest BCUT2D eigenvalue weighted by atomic mass is 19.3. The molecular weight excluding hydrogens is 226 g/mol. The van der Waals surface area contributed by atoms with Gasteiger partial charge in [-0.15, -0.1) is 6.58 Å². The van der Waals surface area contributed by atoms with Crippen LogP contribution in [0.25, 0.3) is 0 Å². The summed E-state index contributed by atoms with van der Waals surface area (Å²) in [5, 5.41) is 0. The quantitative estimate of drug-likeness (QED) is 0.583. The molecule has 0 aliphatic heterocycles. The average Bonchev–Trinajstić information content (AvgIpc) is 2.28. The molecule has 0 unspecified atom stereocenters. The molecule has 17 heavy (non-hydrogen) atoms. The minimum Gasteiger partial charge on any atom is -0.465 e. The van der Waals surface area contributed by atoms with E-state index in [-0.39, 0.29) is 12.8 Å². The number of hydrogen-bond donors (Lipinski definition) is 0. The minimum atomic E-state index is -2.80. The number of carbonyl (C=O) groups excluding carboxylic acids is 1. The highest BCUT2D eigenvalue weighted by Crippen LogP contribution is 2.24. The lowest BCUT2D eigenvalue weighted by Crippen LogP contribution is -2.18. The van der Waals surface area contributed by atoms with Crippen LogP contribution in [0.5, 0.6) is 0 Å². The second-order valence-electron chi connectivity index (χ2n) is 3.71. The number of benzene rings is 1. The zero-order valence-electron chi connectivity index (χ0n) is 9.58. The summed E-state index contributed by atoms with van der Waals surface area (Å²) < 4.78 is 31.1. The first-order chi connectivity index (χ1) is 7.98. The Labute approximate surface area is 98.9 Å². The van der Waals surface area contributed by atoms with E-state index in [9.17, 15) is 13.6 Å². The number of carbonyl (C=O) groups is 1. The molecule has 0 N–H and O–H groups in total. The van der Waals surface area contributed by atoms with E-state index in [0.29, 0.717) is 11.1 Å². The zero-order chi connectivity index (χ0) is 12.9. The van der Waals surface area contributed by atoms with Gasteiger partial charge in [-0.25, -0.2) is 13.6 Å². The first kappa shape index (κ1) is 13.4. The van der Waals surface area contributed by atoms with Crippen LogP contribution >= 0.6 is 0 Å². The lowest BCUT2D eigenvalue weighted by atomic mass is 10.0. The fraction of sp³-hybridized carbons (Fsp3) is 0.308. The van der Waals surface area contributed by atoms with Gasteiger partial charge in [-0.2, -0.15) is 0 Å². The van der Waals surface area contributed by atoms with Gasteiger partial charge in [0.2, 0.25) is 0 Å². The molecule has 0 spiro atoms. The molecule has 0 aromatic heterocycles. The fourth-order valence-corrected chi connectivity index (χ4v) is 1.46. The molecule has 1 rings (SSSR count). The van der Waals surface area contributed by atoms with E-state index in [4.69, 9.17) is 0 Å². The second-order valence-corrected chi connectivity index (χ2v) is 3.71. The van der Waals surface area contributed by atoms with Crippen LogP contribution in [0.1, 0.15) is 22.3 Å². The van der Waals surface area contributed by atoms with Crippen LogP contribution in [0.4, 0.5) is 8.78 Å². The summed E-state index contributed by atoms with van der Waals surface area (Å²) in [5.41, 5.74) is 0.827. The van der Waals surface area contributed by atoms with E-state index in [2.05, 4.69) is 11.3 Å². The average molecular weight is 240 g/mol. The van der Waals surface area contributed by atoms with Gasteiger partial charge in [-0.1, -0.05) is 18.2 Å². The first-order valence-corrected chi connectivity index (χ1v) is 5.14. The lowest BCUT2D eigenvalue weighted by Gasteiger charge is -2.14. The molecule has 2 nitrogen and oxygen atoms in total. The number of esters is 1. The Balaban J connectivity index is 2.75. The third-order valence-electron chi connectivity index (χ3n) is 2.28. The van der Waals surface area contributed by atoms with Crippen molar-refractivity contribution < 1.29 is 18.3 Å². The van der Waals surface area contributed by atoms with Gasteiger partial charge in [-0.05, 0) is 17.7 Å². The maximum absolute atomic E-state index is 13.3. The number of hydrogen-bond acceptors (Lipinski definition) is 2. The number of rotatable bonds is 5. The zero-order valence-corrected chi connectivity index (χ0v) is 9.58. The van der Waals surface area contributed by atoms with Crippen LogP contribution in [-0.4, -0.2) is 19.0 Å². The Morgan fingerprint density at radius 2 is 2.00 bits per heavy atom. The maximum Gasteiger partial charge on any atom is 0.337 e. The fourth-order valence-electron chi connectivity index (χ4n) is 1.46. The van der Waals surface area contributed by atoms with Crippen molar-refractivity contribution in [3.8, 4) is 0 Å².